The van der Waals surface area contributed by atoms with E-state index in [1.165, 1.54) is 6.39 Å². The van der Waals surface area contributed by atoms with Gasteiger partial charge >= 0.3 is 0 Å². The number of benzene rings is 1. The first-order chi connectivity index (χ1) is 8.20. The number of hydrogen-bond acceptors (Lipinski definition) is 4. The number of rotatable bonds is 3. The summed E-state index contributed by atoms with van der Waals surface area (Å²) in [5.74, 6) is 1.46. The smallest absolute Gasteiger partial charge is 0.181 e. The monoisotopic (exact) mass is 228 g/mol. The zero-order valence-corrected chi connectivity index (χ0v) is 9.68. The standard InChI is InChI=1S/C13H12N2O2/c1-9-13(15-8-16-9)10(2)17-12-5-3-11(7-14)4-6-12/h3-6,8,10H,1-2H3. The molecule has 4 heteroatoms. The van der Waals surface area contributed by atoms with Gasteiger partial charge in [-0.05, 0) is 38.1 Å². The van der Waals surface area contributed by atoms with Crippen LogP contribution in [0.1, 0.15) is 30.0 Å². The minimum Gasteiger partial charge on any atom is -0.484 e. The van der Waals surface area contributed by atoms with Crippen molar-refractivity contribution in [2.24, 2.45) is 0 Å². The van der Waals surface area contributed by atoms with Crippen LogP contribution in [0.2, 0.25) is 0 Å². The number of ether oxygens (including phenoxy) is 1. The first-order valence-electron chi connectivity index (χ1n) is 5.27. The van der Waals surface area contributed by atoms with E-state index in [9.17, 15) is 0 Å². The number of aromatic nitrogens is 1. The van der Waals surface area contributed by atoms with Crippen molar-refractivity contribution in [1.82, 2.24) is 4.98 Å². The minimum atomic E-state index is -0.179. The molecule has 1 heterocycles. The fraction of sp³-hybridized carbons (Fsp3) is 0.231. The number of nitriles is 1. The molecule has 1 atom stereocenters. The third-order valence-electron chi connectivity index (χ3n) is 2.46. The van der Waals surface area contributed by atoms with Crippen molar-refractivity contribution in [3.8, 4) is 11.8 Å². The summed E-state index contributed by atoms with van der Waals surface area (Å²) < 4.78 is 10.8. The van der Waals surface area contributed by atoms with Crippen LogP contribution < -0.4 is 4.74 Å². The summed E-state index contributed by atoms with van der Waals surface area (Å²) in [5.41, 5.74) is 1.40. The largest absolute Gasteiger partial charge is 0.484 e. The van der Waals surface area contributed by atoms with Gasteiger partial charge in [-0.2, -0.15) is 5.26 Å². The summed E-state index contributed by atoms with van der Waals surface area (Å²) >= 11 is 0. The molecule has 0 aliphatic carbocycles. The molecule has 0 radical (unpaired) electrons. The van der Waals surface area contributed by atoms with Crippen LogP contribution in [-0.2, 0) is 0 Å². The van der Waals surface area contributed by atoms with Crippen LogP contribution in [0.3, 0.4) is 0 Å². The van der Waals surface area contributed by atoms with Gasteiger partial charge in [0.1, 0.15) is 23.3 Å². The molecule has 0 aliphatic heterocycles. The zero-order valence-electron chi connectivity index (χ0n) is 9.68. The molecule has 0 fully saturated rings. The third kappa shape index (κ3) is 2.45. The van der Waals surface area contributed by atoms with Gasteiger partial charge in [-0.3, -0.25) is 0 Å². The summed E-state index contributed by atoms with van der Waals surface area (Å²) in [5, 5.41) is 8.68. The molecule has 0 N–H and O–H groups in total. The molecule has 2 rings (SSSR count). The third-order valence-corrected chi connectivity index (χ3v) is 2.46. The fourth-order valence-electron chi connectivity index (χ4n) is 1.57. The molecular weight excluding hydrogens is 216 g/mol. The molecule has 1 aromatic carbocycles. The molecule has 17 heavy (non-hydrogen) atoms. The zero-order chi connectivity index (χ0) is 12.3. The van der Waals surface area contributed by atoms with Crippen molar-refractivity contribution in [3.05, 3.63) is 47.7 Å². The Kier molecular flexibility index (Phi) is 3.10. The average molecular weight is 228 g/mol. The molecule has 0 bridgehead atoms. The molecule has 0 amide bonds. The van der Waals surface area contributed by atoms with E-state index >= 15 is 0 Å². The summed E-state index contributed by atoms with van der Waals surface area (Å²) in [6, 6.07) is 9.04. The highest BCUT2D eigenvalue weighted by atomic mass is 16.5. The van der Waals surface area contributed by atoms with Gasteiger partial charge in [-0.1, -0.05) is 0 Å². The predicted octanol–water partition coefficient (Wildman–Crippen LogP) is 2.99. The topological polar surface area (TPSA) is 59.1 Å². The minimum absolute atomic E-state index is 0.179. The van der Waals surface area contributed by atoms with E-state index in [1.807, 2.05) is 13.8 Å². The maximum Gasteiger partial charge on any atom is 0.181 e. The van der Waals surface area contributed by atoms with Gasteiger partial charge in [-0.15, -0.1) is 0 Å². The molecule has 0 saturated carbocycles. The maximum absolute atomic E-state index is 8.68. The Bertz CT molecular complexity index is 537. The Balaban J connectivity index is 2.11. The lowest BCUT2D eigenvalue weighted by Gasteiger charge is -2.12. The quantitative estimate of drug-likeness (QED) is 0.810. The highest BCUT2D eigenvalue weighted by Crippen LogP contribution is 2.22. The van der Waals surface area contributed by atoms with Crippen molar-refractivity contribution in [2.45, 2.75) is 20.0 Å². The van der Waals surface area contributed by atoms with E-state index in [0.29, 0.717) is 11.3 Å². The second-order valence-electron chi connectivity index (χ2n) is 3.69. The van der Waals surface area contributed by atoms with Crippen molar-refractivity contribution in [1.29, 1.82) is 5.26 Å². The summed E-state index contributed by atoms with van der Waals surface area (Å²) in [4.78, 5) is 4.10. The highest BCUT2D eigenvalue weighted by molar-refractivity contribution is 5.34. The van der Waals surface area contributed by atoms with Crippen LogP contribution in [-0.4, -0.2) is 4.98 Å². The number of aryl methyl sites for hydroxylation is 1. The van der Waals surface area contributed by atoms with Gasteiger partial charge in [0.05, 0.1) is 11.6 Å². The lowest BCUT2D eigenvalue weighted by atomic mass is 10.2. The van der Waals surface area contributed by atoms with Crippen LogP contribution >= 0.6 is 0 Å². The first kappa shape index (κ1) is 11.2. The van der Waals surface area contributed by atoms with Crippen LogP contribution in [0.25, 0.3) is 0 Å². The average Bonchev–Trinajstić information content (AvgIpc) is 2.76. The highest BCUT2D eigenvalue weighted by Gasteiger charge is 2.14. The molecule has 1 aromatic heterocycles. The van der Waals surface area contributed by atoms with Gasteiger partial charge < -0.3 is 9.15 Å². The van der Waals surface area contributed by atoms with Crippen LogP contribution in [0, 0.1) is 18.3 Å². The van der Waals surface area contributed by atoms with Crippen LogP contribution in [0.4, 0.5) is 0 Å². The molecular formula is C13H12N2O2. The van der Waals surface area contributed by atoms with E-state index in [-0.39, 0.29) is 6.10 Å². The van der Waals surface area contributed by atoms with E-state index in [4.69, 9.17) is 14.4 Å². The Labute approximate surface area is 99.5 Å². The Hall–Kier alpha value is -2.28. The SMILES string of the molecule is Cc1ocnc1C(C)Oc1ccc(C#N)cc1. The summed E-state index contributed by atoms with van der Waals surface area (Å²) in [6.07, 6.45) is 1.23. The molecule has 86 valence electrons. The van der Waals surface area contributed by atoms with E-state index < -0.39 is 0 Å². The summed E-state index contributed by atoms with van der Waals surface area (Å²) in [7, 11) is 0. The first-order valence-corrected chi connectivity index (χ1v) is 5.27. The normalized spacial score (nSPS) is 11.8. The van der Waals surface area contributed by atoms with Crippen molar-refractivity contribution in [2.75, 3.05) is 0 Å². The molecule has 2 aromatic rings. The fourth-order valence-corrected chi connectivity index (χ4v) is 1.57. The van der Waals surface area contributed by atoms with Crippen molar-refractivity contribution >= 4 is 0 Å². The lowest BCUT2D eigenvalue weighted by molar-refractivity contribution is 0.220. The molecule has 4 nitrogen and oxygen atoms in total. The molecule has 0 saturated heterocycles. The van der Waals surface area contributed by atoms with E-state index in [0.717, 1.165) is 11.5 Å². The molecule has 0 spiro atoms. The predicted molar refractivity (Wildman–Crippen MR) is 61.4 cm³/mol. The van der Waals surface area contributed by atoms with Gasteiger partial charge in [0.15, 0.2) is 6.39 Å². The number of nitrogens with zero attached hydrogens (tertiary/aromatic N) is 2. The van der Waals surface area contributed by atoms with Crippen molar-refractivity contribution < 1.29 is 9.15 Å². The van der Waals surface area contributed by atoms with Gasteiger partial charge in [0.2, 0.25) is 0 Å². The Morgan fingerprint density at radius 1 is 1.35 bits per heavy atom. The Morgan fingerprint density at radius 3 is 2.59 bits per heavy atom. The molecule has 0 aliphatic rings. The lowest BCUT2D eigenvalue weighted by Crippen LogP contribution is -2.04. The van der Waals surface area contributed by atoms with Gasteiger partial charge in [0, 0.05) is 0 Å². The molecule has 1 unspecified atom stereocenters. The van der Waals surface area contributed by atoms with Gasteiger partial charge in [0.25, 0.3) is 0 Å². The second-order valence-corrected chi connectivity index (χ2v) is 3.69. The van der Waals surface area contributed by atoms with Crippen LogP contribution in [0.15, 0.2) is 35.1 Å². The van der Waals surface area contributed by atoms with E-state index in [1.54, 1.807) is 24.3 Å². The number of hydrogen-bond donors (Lipinski definition) is 0. The maximum atomic E-state index is 8.68. The van der Waals surface area contributed by atoms with Gasteiger partial charge in [-0.25, -0.2) is 4.98 Å². The van der Waals surface area contributed by atoms with E-state index in [2.05, 4.69) is 11.1 Å². The Morgan fingerprint density at radius 2 is 2.06 bits per heavy atom. The number of oxazole rings is 1. The summed E-state index contributed by atoms with van der Waals surface area (Å²) in [6.45, 7) is 3.75. The second kappa shape index (κ2) is 4.71. The van der Waals surface area contributed by atoms with Crippen molar-refractivity contribution in [3.63, 3.8) is 0 Å². The van der Waals surface area contributed by atoms with Crippen LogP contribution in [0.5, 0.6) is 5.75 Å².